The number of hydrogen-bond donors (Lipinski definition) is 0. The Labute approximate surface area is 74.8 Å². The maximum atomic E-state index is 8.64. The summed E-state index contributed by atoms with van der Waals surface area (Å²) >= 11 is 0. The van der Waals surface area contributed by atoms with Gasteiger partial charge in [0, 0.05) is 10.6 Å². The van der Waals surface area contributed by atoms with Gasteiger partial charge in [-0.1, -0.05) is 11.2 Å². The van der Waals surface area contributed by atoms with Crippen LogP contribution in [0.25, 0.3) is 10.4 Å². The zero-order valence-corrected chi connectivity index (χ0v) is 6.93. The summed E-state index contributed by atoms with van der Waals surface area (Å²) in [4.78, 5) is 2.62. The Morgan fingerprint density at radius 3 is 2.92 bits per heavy atom. The summed E-state index contributed by atoms with van der Waals surface area (Å²) in [5.41, 5.74) is 9.01. The van der Waals surface area contributed by atoms with Crippen molar-refractivity contribution in [2.75, 3.05) is 7.11 Å². The second-order valence-electron chi connectivity index (χ2n) is 2.19. The molecule has 0 N–H and O–H groups in total. The summed E-state index contributed by atoms with van der Waals surface area (Å²) in [7, 11) is 1.45. The molecule has 5 heteroatoms. The number of hydrogen-bond acceptors (Lipinski definition) is 3. The SMILES string of the molecule is COc1cc(N=[N+]=[N-])ccc1C#N. The Bertz CT molecular complexity index is 401. The quantitative estimate of drug-likeness (QED) is 0.392. The van der Waals surface area contributed by atoms with E-state index in [2.05, 4.69) is 10.0 Å². The predicted molar refractivity (Wildman–Crippen MR) is 46.5 cm³/mol. The van der Waals surface area contributed by atoms with Gasteiger partial charge in [-0.2, -0.15) is 5.26 Å². The van der Waals surface area contributed by atoms with Crippen molar-refractivity contribution in [2.24, 2.45) is 5.11 Å². The Morgan fingerprint density at radius 1 is 1.62 bits per heavy atom. The van der Waals surface area contributed by atoms with Crippen molar-refractivity contribution in [2.45, 2.75) is 0 Å². The Kier molecular flexibility index (Phi) is 2.74. The molecule has 0 radical (unpaired) electrons. The highest BCUT2D eigenvalue weighted by molar-refractivity contribution is 5.52. The molecule has 0 unspecified atom stereocenters. The Balaban J connectivity index is 3.22. The van der Waals surface area contributed by atoms with Crippen LogP contribution in [0.2, 0.25) is 0 Å². The number of nitriles is 1. The minimum atomic E-state index is 0.410. The molecule has 0 spiro atoms. The molecule has 0 heterocycles. The van der Waals surface area contributed by atoms with Gasteiger partial charge in [0.25, 0.3) is 0 Å². The van der Waals surface area contributed by atoms with Crippen molar-refractivity contribution in [3.05, 3.63) is 34.2 Å². The van der Waals surface area contributed by atoms with E-state index < -0.39 is 0 Å². The highest BCUT2D eigenvalue weighted by Crippen LogP contribution is 2.24. The van der Waals surface area contributed by atoms with E-state index in [9.17, 15) is 0 Å². The number of azide groups is 1. The predicted octanol–water partition coefficient (Wildman–Crippen LogP) is 2.51. The fourth-order valence-electron chi connectivity index (χ4n) is 0.886. The molecule has 0 saturated carbocycles. The van der Waals surface area contributed by atoms with Crippen LogP contribution in [-0.4, -0.2) is 7.11 Å². The van der Waals surface area contributed by atoms with Gasteiger partial charge in [0.05, 0.1) is 12.7 Å². The maximum Gasteiger partial charge on any atom is 0.137 e. The van der Waals surface area contributed by atoms with Crippen LogP contribution < -0.4 is 4.74 Å². The monoisotopic (exact) mass is 174 g/mol. The third-order valence-corrected chi connectivity index (χ3v) is 1.47. The number of benzene rings is 1. The largest absolute Gasteiger partial charge is 0.495 e. The van der Waals surface area contributed by atoms with Crippen LogP contribution >= 0.6 is 0 Å². The first kappa shape index (κ1) is 8.91. The van der Waals surface area contributed by atoms with Gasteiger partial charge in [0.1, 0.15) is 11.8 Å². The summed E-state index contributed by atoms with van der Waals surface area (Å²) in [6, 6.07) is 6.57. The molecule has 0 fully saturated rings. The summed E-state index contributed by atoms with van der Waals surface area (Å²) in [6.07, 6.45) is 0. The van der Waals surface area contributed by atoms with Crippen molar-refractivity contribution in [3.8, 4) is 11.8 Å². The lowest BCUT2D eigenvalue weighted by Gasteiger charge is -2.01. The van der Waals surface area contributed by atoms with Crippen LogP contribution in [0.1, 0.15) is 5.56 Å². The standard InChI is InChI=1S/C8H6N4O/c1-13-8-4-7(11-12-10)3-2-6(8)5-9/h2-4H,1H3. The normalized spacial score (nSPS) is 8.31. The first-order chi connectivity index (χ1) is 6.31. The van der Waals surface area contributed by atoms with Crippen molar-refractivity contribution in [3.63, 3.8) is 0 Å². The first-order valence-corrected chi connectivity index (χ1v) is 3.45. The van der Waals surface area contributed by atoms with Crippen LogP contribution in [0.3, 0.4) is 0 Å². The molecule has 0 aromatic heterocycles. The average molecular weight is 174 g/mol. The van der Waals surface area contributed by atoms with E-state index >= 15 is 0 Å². The molecule has 64 valence electrons. The van der Waals surface area contributed by atoms with E-state index in [1.165, 1.54) is 13.2 Å². The van der Waals surface area contributed by atoms with Gasteiger partial charge in [-0.25, -0.2) is 0 Å². The lowest BCUT2D eigenvalue weighted by Crippen LogP contribution is -1.86. The van der Waals surface area contributed by atoms with Crippen LogP contribution in [0.4, 0.5) is 5.69 Å². The summed E-state index contributed by atoms with van der Waals surface area (Å²) < 4.78 is 4.92. The smallest absolute Gasteiger partial charge is 0.137 e. The number of methoxy groups -OCH3 is 1. The van der Waals surface area contributed by atoms with E-state index in [-0.39, 0.29) is 0 Å². The Hall–Kier alpha value is -2.18. The molecule has 0 amide bonds. The van der Waals surface area contributed by atoms with Crippen LogP contribution in [0.15, 0.2) is 23.3 Å². The molecule has 0 bridgehead atoms. The van der Waals surface area contributed by atoms with Crippen LogP contribution in [-0.2, 0) is 0 Å². The third kappa shape index (κ3) is 1.89. The number of rotatable bonds is 2. The third-order valence-electron chi connectivity index (χ3n) is 1.47. The van der Waals surface area contributed by atoms with E-state index in [0.29, 0.717) is 17.0 Å². The van der Waals surface area contributed by atoms with Gasteiger partial charge in [0.15, 0.2) is 0 Å². The summed E-state index contributed by atoms with van der Waals surface area (Å²) in [5, 5.41) is 12.0. The summed E-state index contributed by atoms with van der Waals surface area (Å²) in [5.74, 6) is 0.410. The molecule has 1 rings (SSSR count). The topological polar surface area (TPSA) is 81.8 Å². The highest BCUT2D eigenvalue weighted by atomic mass is 16.5. The molecule has 1 aromatic carbocycles. The highest BCUT2D eigenvalue weighted by Gasteiger charge is 2.01. The van der Waals surface area contributed by atoms with E-state index in [4.69, 9.17) is 15.5 Å². The molecule has 0 saturated heterocycles. The van der Waals surface area contributed by atoms with E-state index in [1.54, 1.807) is 12.1 Å². The maximum absolute atomic E-state index is 8.64. The molecule has 5 nitrogen and oxygen atoms in total. The molecule has 0 aliphatic carbocycles. The van der Waals surface area contributed by atoms with Crippen molar-refractivity contribution in [1.29, 1.82) is 5.26 Å². The van der Waals surface area contributed by atoms with E-state index in [1.807, 2.05) is 6.07 Å². The van der Waals surface area contributed by atoms with Crippen molar-refractivity contribution >= 4 is 5.69 Å². The zero-order chi connectivity index (χ0) is 9.68. The molecule has 0 aliphatic heterocycles. The average Bonchev–Trinajstić information content (AvgIpc) is 2.18. The van der Waals surface area contributed by atoms with Gasteiger partial charge >= 0.3 is 0 Å². The minimum absolute atomic E-state index is 0.410. The zero-order valence-electron chi connectivity index (χ0n) is 6.93. The summed E-state index contributed by atoms with van der Waals surface area (Å²) in [6.45, 7) is 0. The molecule has 0 atom stereocenters. The fraction of sp³-hybridized carbons (Fsp3) is 0.125. The van der Waals surface area contributed by atoms with Gasteiger partial charge in [-0.3, -0.25) is 0 Å². The number of nitrogens with zero attached hydrogens (tertiary/aromatic N) is 4. The fourth-order valence-corrected chi connectivity index (χ4v) is 0.886. The van der Waals surface area contributed by atoms with Gasteiger partial charge in [-0.05, 0) is 17.7 Å². The molecule has 1 aromatic rings. The second kappa shape index (κ2) is 4.00. The van der Waals surface area contributed by atoms with Crippen molar-refractivity contribution < 1.29 is 4.74 Å². The molecule has 13 heavy (non-hydrogen) atoms. The van der Waals surface area contributed by atoms with Gasteiger partial charge in [0.2, 0.25) is 0 Å². The molecular weight excluding hydrogens is 168 g/mol. The Morgan fingerprint density at radius 2 is 2.38 bits per heavy atom. The number of ether oxygens (including phenoxy) is 1. The molecule has 0 aliphatic rings. The van der Waals surface area contributed by atoms with Crippen LogP contribution in [0, 0.1) is 11.3 Å². The van der Waals surface area contributed by atoms with E-state index in [0.717, 1.165) is 0 Å². The van der Waals surface area contributed by atoms with Gasteiger partial charge in [-0.15, -0.1) is 0 Å². The van der Waals surface area contributed by atoms with Crippen LogP contribution in [0.5, 0.6) is 5.75 Å². The lowest BCUT2D eigenvalue weighted by atomic mass is 10.2. The second-order valence-corrected chi connectivity index (χ2v) is 2.19. The van der Waals surface area contributed by atoms with Gasteiger partial charge < -0.3 is 4.74 Å². The first-order valence-electron chi connectivity index (χ1n) is 3.45. The lowest BCUT2D eigenvalue weighted by molar-refractivity contribution is 0.413. The molecular formula is C8H6N4O. The van der Waals surface area contributed by atoms with Crippen molar-refractivity contribution in [1.82, 2.24) is 0 Å². The minimum Gasteiger partial charge on any atom is -0.495 e.